The van der Waals surface area contributed by atoms with Crippen LogP contribution in [-0.4, -0.2) is 120 Å². The molecule has 4 unspecified atom stereocenters. The molecule has 0 aromatic rings. The predicted octanol–water partition coefficient (Wildman–Crippen LogP) is 14.5. The molecule has 0 saturated carbocycles. The van der Waals surface area contributed by atoms with Crippen LogP contribution in [0.4, 0.5) is 0 Å². The van der Waals surface area contributed by atoms with Gasteiger partial charge in [0.2, 0.25) is 23.6 Å². The van der Waals surface area contributed by atoms with Gasteiger partial charge >= 0.3 is 0 Å². The highest BCUT2D eigenvalue weighted by Crippen LogP contribution is 2.26. The largest absolute Gasteiger partial charge is 0.395 e. The zero-order chi connectivity index (χ0) is 54.7. The van der Waals surface area contributed by atoms with Crippen molar-refractivity contribution in [2.24, 2.45) is 11.8 Å². The summed E-state index contributed by atoms with van der Waals surface area (Å²) in [5, 5.41) is 26.6. The van der Waals surface area contributed by atoms with Gasteiger partial charge in [-0.15, -0.1) is 0 Å². The van der Waals surface area contributed by atoms with E-state index in [0.717, 1.165) is 89.9 Å². The summed E-state index contributed by atoms with van der Waals surface area (Å²) in [5.74, 6) is -0.410. The second-order valence-electron chi connectivity index (χ2n) is 22.4. The summed E-state index contributed by atoms with van der Waals surface area (Å²) in [6.07, 6.45) is 45.9. The summed E-state index contributed by atoms with van der Waals surface area (Å²) in [7, 11) is 1.97. The monoisotopic (exact) mass is 1050 g/mol. The number of carbonyl (C=O) groups is 4. The molecule has 4 N–H and O–H groups in total. The summed E-state index contributed by atoms with van der Waals surface area (Å²) in [6.45, 7) is 14.8. The molecule has 0 heterocycles. The molecule has 74 heavy (non-hydrogen) atoms. The highest BCUT2D eigenvalue weighted by molar-refractivity contribution is 5.88. The minimum Gasteiger partial charge on any atom is -0.395 e. The Balaban J connectivity index is 5.21. The van der Waals surface area contributed by atoms with E-state index in [-0.39, 0.29) is 61.8 Å². The van der Waals surface area contributed by atoms with Gasteiger partial charge in [-0.3, -0.25) is 19.2 Å². The Kier molecular flexibility index (Phi) is 51.2. The van der Waals surface area contributed by atoms with Crippen LogP contribution in [0.1, 0.15) is 298 Å². The van der Waals surface area contributed by atoms with Crippen molar-refractivity contribution in [2.45, 2.75) is 310 Å². The van der Waals surface area contributed by atoms with E-state index < -0.39 is 12.1 Å². The maximum absolute atomic E-state index is 14.1. The first-order valence-electron chi connectivity index (χ1n) is 32.2. The molecule has 11 nitrogen and oxygen atoms in total. The van der Waals surface area contributed by atoms with Crippen LogP contribution in [0.3, 0.4) is 0 Å². The maximum Gasteiger partial charge on any atom is 0.243 e. The summed E-state index contributed by atoms with van der Waals surface area (Å²) < 4.78 is 0. The van der Waals surface area contributed by atoms with E-state index in [1.807, 2.05) is 7.05 Å². The molecular weight excluding hydrogens is 923 g/mol. The molecule has 0 fully saturated rings. The highest BCUT2D eigenvalue weighted by atomic mass is 16.3. The Morgan fingerprint density at radius 3 is 0.865 bits per heavy atom. The third-order valence-corrected chi connectivity index (χ3v) is 15.9. The Morgan fingerprint density at radius 2 is 0.622 bits per heavy atom. The van der Waals surface area contributed by atoms with Crippen LogP contribution in [0.2, 0.25) is 0 Å². The first kappa shape index (κ1) is 71.8. The number of aliphatic hydroxyl groups is 2. The molecule has 0 aliphatic rings. The molecule has 0 radical (unpaired) electrons. The molecule has 4 atom stereocenters. The van der Waals surface area contributed by atoms with Crippen LogP contribution < -0.4 is 10.6 Å². The Labute approximate surface area is 458 Å². The van der Waals surface area contributed by atoms with Crippen molar-refractivity contribution >= 4 is 23.6 Å². The molecule has 11 heteroatoms. The third-order valence-electron chi connectivity index (χ3n) is 15.9. The summed E-state index contributed by atoms with van der Waals surface area (Å²) >= 11 is 0. The normalized spacial score (nSPS) is 13.2. The van der Waals surface area contributed by atoms with E-state index in [1.54, 1.807) is 9.80 Å². The van der Waals surface area contributed by atoms with Crippen LogP contribution in [0.25, 0.3) is 0 Å². The summed E-state index contributed by atoms with van der Waals surface area (Å²) in [6, 6.07) is -1.26. The van der Waals surface area contributed by atoms with Gasteiger partial charge in [0.05, 0.1) is 13.2 Å². The lowest BCUT2D eigenvalue weighted by Gasteiger charge is -2.36. The average molecular weight is 1050 g/mol. The van der Waals surface area contributed by atoms with Crippen LogP contribution >= 0.6 is 0 Å². The second-order valence-corrected chi connectivity index (χ2v) is 22.4. The first-order valence-corrected chi connectivity index (χ1v) is 32.2. The minimum absolute atomic E-state index is 0.00184. The van der Waals surface area contributed by atoms with Gasteiger partial charge < -0.3 is 35.5 Å². The lowest BCUT2D eigenvalue weighted by molar-refractivity contribution is -0.143. The van der Waals surface area contributed by atoms with Crippen molar-refractivity contribution in [1.82, 2.24) is 25.3 Å². The van der Waals surface area contributed by atoms with Gasteiger partial charge in [-0.05, 0) is 44.6 Å². The van der Waals surface area contributed by atoms with Gasteiger partial charge in [-0.2, -0.15) is 0 Å². The molecule has 0 aromatic carbocycles. The molecule has 0 aliphatic carbocycles. The standard InChI is InChI=1S/C63H125N5O6/c1-8-14-18-20-22-24-26-28-30-32-34-36-38-40-42-46-58(71)67(52-54-69)60(56(12-5)44-16-10-3)62(73)64-48-50-66(7)51-49-65-63(74)61(57(13-6)45-17-11-4)68(53-55-70)59(72)47-43-41-39-37-35-33-31-29-27-25-23-21-19-15-9-2/h56-57,60-61,69-70H,8-55H2,1-7H3,(H,64,73)(H,65,74). The smallest absolute Gasteiger partial charge is 0.243 e. The molecule has 4 amide bonds. The minimum atomic E-state index is -0.632. The van der Waals surface area contributed by atoms with Gasteiger partial charge in [-0.25, -0.2) is 0 Å². The van der Waals surface area contributed by atoms with Crippen molar-refractivity contribution in [1.29, 1.82) is 0 Å². The lowest BCUT2D eigenvalue weighted by atomic mass is 9.89. The maximum atomic E-state index is 14.1. The molecule has 0 aromatic heterocycles. The van der Waals surface area contributed by atoms with Gasteiger partial charge in [0.25, 0.3) is 0 Å². The second kappa shape index (κ2) is 52.8. The molecule has 438 valence electrons. The topological polar surface area (TPSA) is 143 Å². The summed E-state index contributed by atoms with van der Waals surface area (Å²) in [5.41, 5.74) is 0. The molecule has 0 rings (SSSR count). The Hall–Kier alpha value is -2.24. The zero-order valence-electron chi connectivity index (χ0n) is 50.1. The van der Waals surface area contributed by atoms with E-state index in [1.165, 1.54) is 154 Å². The zero-order valence-corrected chi connectivity index (χ0v) is 50.1. The number of nitrogens with zero attached hydrogens (tertiary/aromatic N) is 3. The number of hydrogen-bond donors (Lipinski definition) is 4. The molecular formula is C63H125N5O6. The number of hydrogen-bond acceptors (Lipinski definition) is 7. The average Bonchev–Trinajstić information content (AvgIpc) is 3.39. The Bertz CT molecular complexity index is 1190. The van der Waals surface area contributed by atoms with Gasteiger partial charge in [0.15, 0.2) is 0 Å². The highest BCUT2D eigenvalue weighted by Gasteiger charge is 2.36. The van der Waals surface area contributed by atoms with Crippen molar-refractivity contribution in [2.75, 3.05) is 59.5 Å². The molecule has 0 bridgehead atoms. The molecule has 0 aliphatic heterocycles. The van der Waals surface area contributed by atoms with E-state index in [0.29, 0.717) is 39.0 Å². The number of amides is 4. The van der Waals surface area contributed by atoms with Crippen molar-refractivity contribution < 1.29 is 29.4 Å². The van der Waals surface area contributed by atoms with Crippen LogP contribution in [-0.2, 0) is 19.2 Å². The SMILES string of the molecule is CCCCCCCCCCCCCCCCCC(=O)N(CCO)C(C(=O)NCCN(C)CCNC(=O)C(C(CC)CCCC)N(CCO)C(=O)CCCCCCCCCCCCCCCCC)C(CC)CCCC. The van der Waals surface area contributed by atoms with Gasteiger partial charge in [-0.1, -0.05) is 260 Å². The van der Waals surface area contributed by atoms with Crippen molar-refractivity contribution in [3.8, 4) is 0 Å². The van der Waals surface area contributed by atoms with Crippen molar-refractivity contribution in [3.05, 3.63) is 0 Å². The van der Waals surface area contributed by atoms with Crippen LogP contribution in [0.15, 0.2) is 0 Å². The van der Waals surface area contributed by atoms with Crippen molar-refractivity contribution in [3.63, 3.8) is 0 Å². The number of carbonyl (C=O) groups excluding carboxylic acids is 4. The van der Waals surface area contributed by atoms with E-state index in [2.05, 4.69) is 57.1 Å². The van der Waals surface area contributed by atoms with Crippen LogP contribution in [0.5, 0.6) is 0 Å². The fourth-order valence-electron chi connectivity index (χ4n) is 11.0. The lowest BCUT2D eigenvalue weighted by Crippen LogP contribution is -2.55. The van der Waals surface area contributed by atoms with E-state index in [9.17, 15) is 29.4 Å². The number of rotatable bonds is 56. The molecule has 0 saturated heterocycles. The quantitative estimate of drug-likeness (QED) is 0.0444. The third kappa shape index (κ3) is 37.5. The number of likely N-dealkylation sites (N-methyl/N-ethyl adjacent to an activating group) is 1. The fraction of sp³-hybridized carbons (Fsp3) is 0.937. The van der Waals surface area contributed by atoms with Gasteiger partial charge in [0, 0.05) is 52.1 Å². The number of unbranched alkanes of at least 4 members (excludes halogenated alkanes) is 30. The fourth-order valence-corrected chi connectivity index (χ4v) is 11.0. The summed E-state index contributed by atoms with van der Waals surface area (Å²) in [4.78, 5) is 61.4. The van der Waals surface area contributed by atoms with E-state index in [4.69, 9.17) is 0 Å². The first-order chi connectivity index (χ1) is 36.1. The predicted molar refractivity (Wildman–Crippen MR) is 314 cm³/mol. The van der Waals surface area contributed by atoms with E-state index >= 15 is 0 Å². The van der Waals surface area contributed by atoms with Gasteiger partial charge in [0.1, 0.15) is 12.1 Å². The molecule has 0 spiro atoms. The van der Waals surface area contributed by atoms with Crippen LogP contribution in [0, 0.1) is 11.8 Å². The Morgan fingerprint density at radius 1 is 0.365 bits per heavy atom. The number of aliphatic hydroxyl groups excluding tert-OH is 2. The number of nitrogens with one attached hydrogen (secondary N) is 2.